The predicted molar refractivity (Wildman–Crippen MR) is 111 cm³/mol. The topological polar surface area (TPSA) is 84.8 Å². The molecule has 0 spiro atoms. The largest absolute Gasteiger partial charge is 0.487 e. The van der Waals surface area contributed by atoms with E-state index in [0.717, 1.165) is 44.1 Å². The van der Waals surface area contributed by atoms with Gasteiger partial charge in [-0.1, -0.05) is 0 Å². The number of nitrogens with two attached hydrogens (primary N) is 2. The van der Waals surface area contributed by atoms with Crippen LogP contribution in [0, 0.1) is 17.6 Å². The van der Waals surface area contributed by atoms with Gasteiger partial charge in [-0.2, -0.15) is 0 Å². The van der Waals surface area contributed by atoms with E-state index >= 15 is 0 Å². The van der Waals surface area contributed by atoms with Gasteiger partial charge in [0.25, 0.3) is 0 Å². The molecule has 1 aromatic carbocycles. The van der Waals surface area contributed by atoms with Crippen molar-refractivity contribution in [1.29, 1.82) is 0 Å². The van der Waals surface area contributed by atoms with Crippen LogP contribution in [0.2, 0.25) is 0 Å². The number of nitrogens with zero attached hydrogens (tertiary/aromatic N) is 2. The van der Waals surface area contributed by atoms with Gasteiger partial charge in [0, 0.05) is 44.5 Å². The van der Waals surface area contributed by atoms with Crippen molar-refractivity contribution < 1.29 is 18.3 Å². The van der Waals surface area contributed by atoms with Crippen LogP contribution in [-0.4, -0.2) is 54.5 Å². The molecule has 0 aromatic heterocycles. The summed E-state index contributed by atoms with van der Waals surface area (Å²) in [5.74, 6) is -1.04. The van der Waals surface area contributed by atoms with Crippen LogP contribution in [-0.2, 0) is 4.79 Å². The Labute approximate surface area is 176 Å². The lowest BCUT2D eigenvalue weighted by Crippen LogP contribution is -2.47. The number of hydrogen-bond acceptors (Lipinski definition) is 5. The Hall–Kier alpha value is -2.61. The second-order valence-corrected chi connectivity index (χ2v) is 7.87. The van der Waals surface area contributed by atoms with Crippen LogP contribution < -0.4 is 16.2 Å². The van der Waals surface area contributed by atoms with Crippen LogP contribution in [0.15, 0.2) is 42.2 Å². The third kappa shape index (κ3) is 5.72. The summed E-state index contributed by atoms with van der Waals surface area (Å²) in [7, 11) is 0. The highest BCUT2D eigenvalue weighted by molar-refractivity contribution is 5.79. The van der Waals surface area contributed by atoms with Gasteiger partial charge in [0.15, 0.2) is 11.6 Å². The molecule has 2 aliphatic rings. The summed E-state index contributed by atoms with van der Waals surface area (Å²) in [6, 6.07) is 3.31. The molecular weight excluding hydrogens is 390 g/mol. The van der Waals surface area contributed by atoms with Crippen LogP contribution >= 0.6 is 0 Å². The van der Waals surface area contributed by atoms with E-state index in [2.05, 4.69) is 4.90 Å². The van der Waals surface area contributed by atoms with Crippen LogP contribution in [0.3, 0.4) is 0 Å². The number of amides is 1. The SMILES string of the molecule is N/C=C\C(=C/N)CN1CCC(C(=O)N2CCC(Oc3ccc(F)cc3F)CC2)CC1. The zero-order valence-corrected chi connectivity index (χ0v) is 17.1. The van der Waals surface area contributed by atoms with E-state index in [-0.39, 0.29) is 23.7 Å². The predicted octanol–water partition coefficient (Wildman–Crippen LogP) is 2.36. The minimum absolute atomic E-state index is 0.0311. The third-order valence-electron chi connectivity index (χ3n) is 5.81. The van der Waals surface area contributed by atoms with Gasteiger partial charge >= 0.3 is 0 Å². The number of halogens is 2. The normalized spacial score (nSPS) is 20.1. The van der Waals surface area contributed by atoms with Crippen LogP contribution in [0.4, 0.5) is 8.78 Å². The second kappa shape index (κ2) is 10.4. The molecule has 0 unspecified atom stereocenters. The van der Waals surface area contributed by atoms with Crippen molar-refractivity contribution in [2.24, 2.45) is 17.4 Å². The lowest BCUT2D eigenvalue weighted by Gasteiger charge is -2.37. The first kappa shape index (κ1) is 22.1. The number of piperidine rings is 2. The lowest BCUT2D eigenvalue weighted by molar-refractivity contribution is -0.138. The Morgan fingerprint density at radius 1 is 1.10 bits per heavy atom. The maximum absolute atomic E-state index is 13.8. The standard InChI is InChI=1S/C22H30F2N4O2/c23-18-1-2-21(20(24)13-18)30-19-6-11-28(12-7-19)22(29)17-4-9-27(10-5-17)15-16(14-26)3-8-25/h1-3,8,13-14,17,19H,4-7,9-12,15,25-26H2/b8-3-,16-14+. The number of rotatable bonds is 6. The number of benzene rings is 1. The van der Waals surface area contributed by atoms with E-state index in [9.17, 15) is 13.6 Å². The third-order valence-corrected chi connectivity index (χ3v) is 5.81. The number of hydrogen-bond donors (Lipinski definition) is 2. The first-order valence-corrected chi connectivity index (χ1v) is 10.4. The summed E-state index contributed by atoms with van der Waals surface area (Å²) < 4.78 is 32.5. The molecule has 30 heavy (non-hydrogen) atoms. The van der Waals surface area contributed by atoms with Gasteiger partial charge in [0.2, 0.25) is 5.91 Å². The van der Waals surface area contributed by atoms with Crippen molar-refractivity contribution in [3.05, 3.63) is 53.9 Å². The molecule has 8 heteroatoms. The average Bonchev–Trinajstić information content (AvgIpc) is 2.76. The fourth-order valence-electron chi connectivity index (χ4n) is 4.08. The van der Waals surface area contributed by atoms with E-state index in [1.807, 2.05) is 4.90 Å². The van der Waals surface area contributed by atoms with E-state index in [0.29, 0.717) is 25.9 Å². The summed E-state index contributed by atoms with van der Waals surface area (Å²) in [4.78, 5) is 17.1. The number of likely N-dealkylation sites (tertiary alicyclic amines) is 2. The summed E-state index contributed by atoms with van der Waals surface area (Å²) in [5, 5.41) is 0. The first-order valence-electron chi connectivity index (χ1n) is 10.4. The van der Waals surface area contributed by atoms with Gasteiger partial charge in [0.05, 0.1) is 0 Å². The zero-order chi connectivity index (χ0) is 21.5. The Kier molecular flexibility index (Phi) is 7.68. The molecule has 3 rings (SSSR count). The van der Waals surface area contributed by atoms with Crippen molar-refractivity contribution in [1.82, 2.24) is 9.80 Å². The monoisotopic (exact) mass is 420 g/mol. The van der Waals surface area contributed by atoms with Gasteiger partial charge in [-0.15, -0.1) is 0 Å². The molecule has 0 bridgehead atoms. The quantitative estimate of drug-likeness (QED) is 0.691. The Morgan fingerprint density at radius 3 is 2.40 bits per heavy atom. The van der Waals surface area contributed by atoms with Crippen molar-refractivity contribution >= 4 is 5.91 Å². The molecule has 1 aromatic rings. The van der Waals surface area contributed by atoms with Gasteiger partial charge in [-0.25, -0.2) is 8.78 Å². The Bertz CT molecular complexity index is 783. The molecular formula is C22H30F2N4O2. The molecule has 0 saturated carbocycles. The molecule has 0 atom stereocenters. The summed E-state index contributed by atoms with van der Waals surface area (Å²) in [6.45, 7) is 3.60. The van der Waals surface area contributed by atoms with E-state index in [1.165, 1.54) is 18.3 Å². The lowest BCUT2D eigenvalue weighted by atomic mass is 9.93. The molecule has 2 fully saturated rings. The summed E-state index contributed by atoms with van der Waals surface area (Å²) in [5.41, 5.74) is 12.0. The average molecular weight is 421 g/mol. The van der Waals surface area contributed by atoms with Crippen LogP contribution in [0.5, 0.6) is 5.75 Å². The molecule has 2 aliphatic heterocycles. The van der Waals surface area contributed by atoms with E-state index < -0.39 is 11.6 Å². The van der Waals surface area contributed by atoms with Crippen molar-refractivity contribution in [3.63, 3.8) is 0 Å². The molecule has 164 valence electrons. The maximum Gasteiger partial charge on any atom is 0.225 e. The Balaban J connectivity index is 1.43. The van der Waals surface area contributed by atoms with E-state index in [4.69, 9.17) is 16.2 Å². The molecule has 4 N–H and O–H groups in total. The van der Waals surface area contributed by atoms with Gasteiger partial charge in [-0.05, 0) is 62.1 Å². The minimum atomic E-state index is -0.699. The zero-order valence-electron chi connectivity index (χ0n) is 17.1. The van der Waals surface area contributed by atoms with Crippen LogP contribution in [0.25, 0.3) is 0 Å². The highest BCUT2D eigenvalue weighted by Crippen LogP contribution is 2.25. The smallest absolute Gasteiger partial charge is 0.225 e. The molecule has 1 amide bonds. The maximum atomic E-state index is 13.8. The number of carbonyl (C=O) groups excluding carboxylic acids is 1. The van der Waals surface area contributed by atoms with Gasteiger partial charge in [0.1, 0.15) is 11.9 Å². The Morgan fingerprint density at radius 2 is 1.80 bits per heavy atom. The molecule has 6 nitrogen and oxygen atoms in total. The molecule has 2 heterocycles. The number of carbonyl (C=O) groups is 1. The first-order chi connectivity index (χ1) is 14.5. The van der Waals surface area contributed by atoms with Crippen molar-refractivity contribution in [3.8, 4) is 5.75 Å². The second-order valence-electron chi connectivity index (χ2n) is 7.87. The number of ether oxygens (including phenoxy) is 1. The molecule has 0 aliphatic carbocycles. The fraction of sp³-hybridized carbons (Fsp3) is 0.500. The van der Waals surface area contributed by atoms with Gasteiger partial charge < -0.3 is 21.1 Å². The van der Waals surface area contributed by atoms with Crippen molar-refractivity contribution in [2.45, 2.75) is 31.8 Å². The fourth-order valence-corrected chi connectivity index (χ4v) is 4.08. The van der Waals surface area contributed by atoms with Gasteiger partial charge in [-0.3, -0.25) is 9.69 Å². The minimum Gasteiger partial charge on any atom is -0.487 e. The molecule has 0 radical (unpaired) electrons. The molecule has 2 saturated heterocycles. The summed E-state index contributed by atoms with van der Waals surface area (Å²) in [6.07, 6.45) is 7.57. The highest BCUT2D eigenvalue weighted by atomic mass is 19.1. The highest BCUT2D eigenvalue weighted by Gasteiger charge is 2.31. The van der Waals surface area contributed by atoms with Crippen LogP contribution in [0.1, 0.15) is 25.7 Å². The van der Waals surface area contributed by atoms with Crippen molar-refractivity contribution in [2.75, 3.05) is 32.7 Å². The summed E-state index contributed by atoms with van der Waals surface area (Å²) >= 11 is 0. The van der Waals surface area contributed by atoms with E-state index in [1.54, 1.807) is 12.3 Å².